The van der Waals surface area contributed by atoms with Crippen LogP contribution >= 0.6 is 0 Å². The van der Waals surface area contributed by atoms with Crippen molar-refractivity contribution in [1.82, 2.24) is 0 Å². The van der Waals surface area contributed by atoms with Crippen LogP contribution in [0.25, 0.3) is 0 Å². The van der Waals surface area contributed by atoms with Gasteiger partial charge in [-0.2, -0.15) is 0 Å². The van der Waals surface area contributed by atoms with Crippen LogP contribution in [0.5, 0.6) is 0 Å². The van der Waals surface area contributed by atoms with Gasteiger partial charge in [-0.3, -0.25) is 0 Å². The fourth-order valence-electron chi connectivity index (χ4n) is 1.36. The van der Waals surface area contributed by atoms with Crippen molar-refractivity contribution < 1.29 is 13.2 Å². The Balaban J connectivity index is 3.07. The first-order valence-electron chi connectivity index (χ1n) is 4.46. The number of rotatable bonds is 3. The van der Waals surface area contributed by atoms with Gasteiger partial charge in [0.2, 0.25) is 0 Å². The molecule has 0 fully saturated rings. The molecule has 0 saturated heterocycles. The molecule has 2 N–H and O–H groups in total. The summed E-state index contributed by atoms with van der Waals surface area (Å²) in [5.74, 6) is -2.75. The second-order valence-corrected chi connectivity index (χ2v) is 3.18. The molecule has 0 spiro atoms. The molecule has 0 aliphatic heterocycles. The second kappa shape index (κ2) is 4.46. The molecule has 0 radical (unpaired) electrons. The second-order valence-electron chi connectivity index (χ2n) is 3.18. The first-order valence-corrected chi connectivity index (χ1v) is 4.46. The zero-order valence-corrected chi connectivity index (χ0v) is 7.86. The Morgan fingerprint density at radius 3 is 2.14 bits per heavy atom. The lowest BCUT2D eigenvalue weighted by atomic mass is 10.0. The van der Waals surface area contributed by atoms with Crippen LogP contribution in [-0.2, 0) is 0 Å². The van der Waals surface area contributed by atoms with E-state index in [-0.39, 0.29) is 5.56 Å². The standard InChI is InChI=1S/C10H12F3N/c1-2-3-9(14)10-7(12)4-6(11)5-8(10)13/h4-5,9H,2-3,14H2,1H3/t9-/m0/s1. The van der Waals surface area contributed by atoms with Crippen molar-refractivity contribution in [3.05, 3.63) is 35.1 Å². The summed E-state index contributed by atoms with van der Waals surface area (Å²) in [6.45, 7) is 1.86. The highest BCUT2D eigenvalue weighted by molar-refractivity contribution is 5.23. The van der Waals surface area contributed by atoms with Crippen LogP contribution in [0.2, 0.25) is 0 Å². The number of benzene rings is 1. The van der Waals surface area contributed by atoms with E-state index in [0.717, 1.165) is 6.42 Å². The van der Waals surface area contributed by atoms with Gasteiger partial charge in [-0.05, 0) is 6.42 Å². The van der Waals surface area contributed by atoms with Crippen LogP contribution in [-0.4, -0.2) is 0 Å². The van der Waals surface area contributed by atoms with Crippen LogP contribution in [0.4, 0.5) is 13.2 Å². The minimum absolute atomic E-state index is 0.228. The maximum absolute atomic E-state index is 13.1. The monoisotopic (exact) mass is 203 g/mol. The average molecular weight is 203 g/mol. The van der Waals surface area contributed by atoms with Crippen molar-refractivity contribution in [2.75, 3.05) is 0 Å². The lowest BCUT2D eigenvalue weighted by Crippen LogP contribution is -2.14. The molecule has 78 valence electrons. The molecule has 0 aliphatic rings. The molecule has 0 bridgehead atoms. The summed E-state index contributed by atoms with van der Waals surface area (Å²) in [5, 5.41) is 0. The van der Waals surface area contributed by atoms with Crippen molar-refractivity contribution in [3.63, 3.8) is 0 Å². The van der Waals surface area contributed by atoms with E-state index in [1.165, 1.54) is 0 Å². The summed E-state index contributed by atoms with van der Waals surface area (Å²) < 4.78 is 38.8. The fraction of sp³-hybridized carbons (Fsp3) is 0.400. The van der Waals surface area contributed by atoms with Gasteiger partial charge < -0.3 is 5.73 Å². The summed E-state index contributed by atoms with van der Waals surface area (Å²) in [4.78, 5) is 0. The average Bonchev–Trinajstić information content (AvgIpc) is 2.01. The van der Waals surface area contributed by atoms with Gasteiger partial charge in [0.25, 0.3) is 0 Å². The Hall–Kier alpha value is -1.03. The van der Waals surface area contributed by atoms with Gasteiger partial charge in [-0.1, -0.05) is 13.3 Å². The lowest BCUT2D eigenvalue weighted by Gasteiger charge is -2.12. The highest BCUT2D eigenvalue weighted by Gasteiger charge is 2.17. The summed E-state index contributed by atoms with van der Waals surface area (Å²) in [6, 6.07) is 0.586. The molecule has 0 aromatic heterocycles. The van der Waals surface area contributed by atoms with Gasteiger partial charge in [0.1, 0.15) is 17.5 Å². The smallest absolute Gasteiger partial charge is 0.133 e. The largest absolute Gasteiger partial charge is 0.324 e. The topological polar surface area (TPSA) is 26.0 Å². The van der Waals surface area contributed by atoms with Crippen molar-refractivity contribution in [1.29, 1.82) is 0 Å². The van der Waals surface area contributed by atoms with E-state index in [4.69, 9.17) is 5.73 Å². The van der Waals surface area contributed by atoms with E-state index < -0.39 is 23.5 Å². The molecule has 0 amide bonds. The molecule has 4 heteroatoms. The maximum Gasteiger partial charge on any atom is 0.133 e. The molecular weight excluding hydrogens is 191 g/mol. The van der Waals surface area contributed by atoms with Gasteiger partial charge in [-0.25, -0.2) is 13.2 Å². The SMILES string of the molecule is CCC[C@H](N)c1c(F)cc(F)cc1F. The zero-order chi connectivity index (χ0) is 10.7. The first kappa shape index (κ1) is 11.0. The fourth-order valence-corrected chi connectivity index (χ4v) is 1.36. The van der Waals surface area contributed by atoms with Crippen LogP contribution in [0.15, 0.2) is 12.1 Å². The summed E-state index contributed by atoms with van der Waals surface area (Å²) in [5.41, 5.74) is 5.33. The molecule has 1 atom stereocenters. The highest BCUT2D eigenvalue weighted by Crippen LogP contribution is 2.23. The van der Waals surface area contributed by atoms with E-state index in [1.54, 1.807) is 0 Å². The summed E-state index contributed by atoms with van der Waals surface area (Å²) >= 11 is 0. The lowest BCUT2D eigenvalue weighted by molar-refractivity contribution is 0.491. The Morgan fingerprint density at radius 1 is 1.21 bits per heavy atom. The Bertz CT molecular complexity index is 302. The quantitative estimate of drug-likeness (QED) is 0.803. The third-order valence-electron chi connectivity index (χ3n) is 2.01. The predicted octanol–water partition coefficient (Wildman–Crippen LogP) is 2.90. The van der Waals surface area contributed by atoms with E-state index in [2.05, 4.69) is 0 Å². The van der Waals surface area contributed by atoms with Gasteiger partial charge in [-0.15, -0.1) is 0 Å². The first-order chi connectivity index (χ1) is 6.56. The van der Waals surface area contributed by atoms with Crippen molar-refractivity contribution in [2.24, 2.45) is 5.73 Å². The van der Waals surface area contributed by atoms with Crippen LogP contribution < -0.4 is 5.73 Å². The molecular formula is C10H12F3N. The van der Waals surface area contributed by atoms with Crippen molar-refractivity contribution in [2.45, 2.75) is 25.8 Å². The van der Waals surface area contributed by atoms with Gasteiger partial charge >= 0.3 is 0 Å². The van der Waals surface area contributed by atoms with Crippen LogP contribution in [0.1, 0.15) is 31.4 Å². The zero-order valence-electron chi connectivity index (χ0n) is 7.86. The van der Waals surface area contributed by atoms with Crippen LogP contribution in [0, 0.1) is 17.5 Å². The molecule has 1 nitrogen and oxygen atoms in total. The molecule has 1 rings (SSSR count). The van der Waals surface area contributed by atoms with Gasteiger partial charge in [0.05, 0.1) is 0 Å². The molecule has 14 heavy (non-hydrogen) atoms. The maximum atomic E-state index is 13.1. The Labute approximate surface area is 80.7 Å². The van der Waals surface area contributed by atoms with E-state index in [0.29, 0.717) is 18.6 Å². The van der Waals surface area contributed by atoms with Gasteiger partial charge in [0, 0.05) is 23.7 Å². The molecule has 0 heterocycles. The minimum atomic E-state index is -0.924. The number of hydrogen-bond donors (Lipinski definition) is 1. The number of nitrogens with two attached hydrogens (primary N) is 1. The summed E-state index contributed by atoms with van der Waals surface area (Å²) in [6.07, 6.45) is 1.19. The molecule has 1 aromatic rings. The van der Waals surface area contributed by atoms with E-state index in [9.17, 15) is 13.2 Å². The van der Waals surface area contributed by atoms with Crippen LogP contribution in [0.3, 0.4) is 0 Å². The third-order valence-corrected chi connectivity index (χ3v) is 2.01. The number of halogens is 3. The van der Waals surface area contributed by atoms with Crippen molar-refractivity contribution >= 4 is 0 Å². The summed E-state index contributed by atoms with van der Waals surface area (Å²) in [7, 11) is 0. The predicted molar refractivity (Wildman–Crippen MR) is 48.2 cm³/mol. The number of hydrogen-bond acceptors (Lipinski definition) is 1. The highest BCUT2D eigenvalue weighted by atomic mass is 19.1. The minimum Gasteiger partial charge on any atom is -0.324 e. The molecule has 0 saturated carbocycles. The normalized spacial score (nSPS) is 12.9. The third kappa shape index (κ3) is 2.26. The molecule has 0 unspecified atom stereocenters. The Morgan fingerprint density at radius 2 is 1.71 bits per heavy atom. The molecule has 0 aliphatic carbocycles. The molecule has 1 aromatic carbocycles. The van der Waals surface area contributed by atoms with Gasteiger partial charge in [0.15, 0.2) is 0 Å². The Kier molecular flexibility index (Phi) is 3.52. The van der Waals surface area contributed by atoms with E-state index >= 15 is 0 Å². The van der Waals surface area contributed by atoms with E-state index in [1.807, 2.05) is 6.92 Å². The van der Waals surface area contributed by atoms with Crippen molar-refractivity contribution in [3.8, 4) is 0 Å².